The van der Waals surface area contributed by atoms with E-state index in [0.29, 0.717) is 15.6 Å². The highest BCUT2D eigenvalue weighted by atomic mass is 35.5. The van der Waals surface area contributed by atoms with E-state index < -0.39 is 5.92 Å². The molecule has 0 fully saturated rings. The fourth-order valence-electron chi connectivity index (χ4n) is 3.26. The molecule has 0 aliphatic heterocycles. The highest BCUT2D eigenvalue weighted by Crippen LogP contribution is 2.33. The Morgan fingerprint density at radius 2 is 1.75 bits per heavy atom. The fourth-order valence-corrected chi connectivity index (χ4v) is 3.92. The van der Waals surface area contributed by atoms with Gasteiger partial charge in [0.15, 0.2) is 0 Å². The monoisotopic (exact) mass is 413 g/mol. The van der Waals surface area contributed by atoms with Gasteiger partial charge in [-0.3, -0.25) is 4.79 Å². The van der Waals surface area contributed by atoms with Crippen LogP contribution in [0.5, 0.6) is 5.75 Å². The van der Waals surface area contributed by atoms with E-state index in [4.69, 9.17) is 23.2 Å². The number of carbonyl (C=O) groups excluding carboxylic acids is 1. The Hall–Kier alpha value is -2.49. The Labute approximate surface area is 174 Å². The molecule has 0 aliphatic rings. The van der Waals surface area contributed by atoms with E-state index in [0.717, 1.165) is 22.3 Å². The average molecular weight is 414 g/mol. The summed E-state index contributed by atoms with van der Waals surface area (Å²) in [6.45, 7) is 4.11. The van der Waals surface area contributed by atoms with E-state index in [1.165, 1.54) is 0 Å². The molecule has 0 bridgehead atoms. The largest absolute Gasteiger partial charge is 0.508 e. The number of phenols is 1. The lowest BCUT2D eigenvalue weighted by atomic mass is 9.89. The van der Waals surface area contributed by atoms with Crippen LogP contribution in [0.1, 0.15) is 33.7 Å². The maximum absolute atomic E-state index is 13.2. The molecule has 0 heterocycles. The predicted octanol–water partition coefficient (Wildman–Crippen LogP) is 5.76. The topological polar surface area (TPSA) is 49.3 Å². The van der Waals surface area contributed by atoms with Gasteiger partial charge in [0.25, 0.3) is 0 Å². The Balaban J connectivity index is 1.93. The number of aromatic hydroxyl groups is 1. The third kappa shape index (κ3) is 4.49. The maximum Gasteiger partial charge on any atom is 0.232 e. The summed E-state index contributed by atoms with van der Waals surface area (Å²) < 4.78 is 0. The lowest BCUT2D eigenvalue weighted by Gasteiger charge is -2.20. The highest BCUT2D eigenvalue weighted by Gasteiger charge is 2.25. The van der Waals surface area contributed by atoms with Gasteiger partial charge in [-0.05, 0) is 48.7 Å². The van der Waals surface area contributed by atoms with Crippen molar-refractivity contribution < 1.29 is 9.90 Å². The summed E-state index contributed by atoms with van der Waals surface area (Å²) in [5.41, 5.74) is 4.08. The van der Waals surface area contributed by atoms with Crippen molar-refractivity contribution in [3.8, 4) is 5.75 Å². The van der Waals surface area contributed by atoms with Gasteiger partial charge < -0.3 is 10.4 Å². The van der Waals surface area contributed by atoms with Crippen molar-refractivity contribution in [1.82, 2.24) is 5.32 Å². The van der Waals surface area contributed by atoms with Crippen molar-refractivity contribution in [1.29, 1.82) is 0 Å². The van der Waals surface area contributed by atoms with Crippen LogP contribution in [0.4, 0.5) is 0 Å². The van der Waals surface area contributed by atoms with Crippen LogP contribution in [-0.4, -0.2) is 11.0 Å². The Morgan fingerprint density at radius 1 is 1.04 bits per heavy atom. The molecule has 0 saturated heterocycles. The first kappa shape index (κ1) is 20.2. The number of nitrogens with one attached hydrogen (secondary N) is 1. The van der Waals surface area contributed by atoms with Gasteiger partial charge in [0.2, 0.25) is 5.91 Å². The molecule has 144 valence electrons. The minimum atomic E-state index is -0.632. The third-order valence-corrected chi connectivity index (χ3v) is 5.27. The smallest absolute Gasteiger partial charge is 0.232 e. The van der Waals surface area contributed by atoms with Crippen LogP contribution in [0.2, 0.25) is 10.0 Å². The molecule has 0 saturated carbocycles. The molecule has 3 rings (SSSR count). The number of aryl methyl sites for hydroxylation is 2. The normalized spacial score (nSPS) is 11.9. The number of halogens is 2. The quantitative estimate of drug-likeness (QED) is 0.557. The van der Waals surface area contributed by atoms with E-state index in [9.17, 15) is 9.90 Å². The van der Waals surface area contributed by atoms with Crippen LogP contribution in [-0.2, 0) is 11.3 Å². The molecular weight excluding hydrogens is 393 g/mol. The summed E-state index contributed by atoms with van der Waals surface area (Å²) in [6, 6.07) is 18.2. The van der Waals surface area contributed by atoms with Crippen LogP contribution in [0.3, 0.4) is 0 Å². The molecule has 0 radical (unpaired) electrons. The number of hydrogen-bond donors (Lipinski definition) is 2. The Morgan fingerprint density at radius 3 is 2.43 bits per heavy atom. The molecule has 0 unspecified atom stereocenters. The minimum absolute atomic E-state index is 0.0929. The number of hydrogen-bond acceptors (Lipinski definition) is 2. The summed E-state index contributed by atoms with van der Waals surface area (Å²) >= 11 is 12.3. The fraction of sp³-hybridized carbons (Fsp3) is 0.174. The first-order chi connectivity index (χ1) is 13.4. The molecule has 0 aliphatic carbocycles. The van der Waals surface area contributed by atoms with Crippen molar-refractivity contribution in [2.24, 2.45) is 0 Å². The summed E-state index contributed by atoms with van der Waals surface area (Å²) in [5, 5.41) is 14.4. The van der Waals surface area contributed by atoms with Crippen LogP contribution in [0.25, 0.3) is 0 Å². The predicted molar refractivity (Wildman–Crippen MR) is 114 cm³/mol. The number of benzene rings is 3. The SMILES string of the molecule is Cc1ccc(O)c([C@@H](C(=O)NCc2c(C)cc(Cl)cc2Cl)c2ccccc2)c1. The van der Waals surface area contributed by atoms with Gasteiger partial charge >= 0.3 is 0 Å². The van der Waals surface area contributed by atoms with Crippen LogP contribution < -0.4 is 5.32 Å². The lowest BCUT2D eigenvalue weighted by Crippen LogP contribution is -2.30. The molecule has 28 heavy (non-hydrogen) atoms. The second-order valence-corrected chi connectivity index (χ2v) is 7.65. The van der Waals surface area contributed by atoms with Crippen molar-refractivity contribution in [3.05, 3.63) is 98.5 Å². The molecule has 3 aromatic rings. The Bertz CT molecular complexity index is 980. The van der Waals surface area contributed by atoms with Crippen molar-refractivity contribution >= 4 is 29.1 Å². The zero-order valence-corrected chi connectivity index (χ0v) is 17.2. The van der Waals surface area contributed by atoms with Gasteiger partial charge in [0.05, 0.1) is 5.92 Å². The molecule has 0 spiro atoms. The minimum Gasteiger partial charge on any atom is -0.508 e. The summed E-state index contributed by atoms with van der Waals surface area (Å²) in [6.07, 6.45) is 0. The second-order valence-electron chi connectivity index (χ2n) is 6.81. The van der Waals surface area contributed by atoms with Gasteiger partial charge in [-0.1, -0.05) is 71.2 Å². The van der Waals surface area contributed by atoms with Crippen molar-refractivity contribution in [2.75, 3.05) is 0 Å². The van der Waals surface area contributed by atoms with Gasteiger partial charge in [0.1, 0.15) is 5.75 Å². The molecule has 2 N–H and O–H groups in total. The summed E-state index contributed by atoms with van der Waals surface area (Å²) in [7, 11) is 0. The molecule has 5 heteroatoms. The zero-order valence-electron chi connectivity index (χ0n) is 15.7. The molecule has 3 aromatic carbocycles. The van der Waals surface area contributed by atoms with Crippen molar-refractivity contribution in [3.63, 3.8) is 0 Å². The molecule has 3 nitrogen and oxygen atoms in total. The number of carbonyl (C=O) groups is 1. The van der Waals surface area contributed by atoms with Gasteiger partial charge in [0, 0.05) is 22.2 Å². The van der Waals surface area contributed by atoms with Gasteiger partial charge in [-0.2, -0.15) is 0 Å². The van der Waals surface area contributed by atoms with E-state index in [-0.39, 0.29) is 18.2 Å². The summed E-state index contributed by atoms with van der Waals surface area (Å²) in [5.74, 6) is -0.750. The number of phenolic OH excluding ortho intramolecular Hbond substituents is 1. The second kappa shape index (κ2) is 8.68. The van der Waals surface area contributed by atoms with Crippen LogP contribution in [0, 0.1) is 13.8 Å². The first-order valence-electron chi connectivity index (χ1n) is 8.93. The molecule has 1 atom stereocenters. The van der Waals surface area contributed by atoms with E-state index in [1.54, 1.807) is 12.1 Å². The zero-order chi connectivity index (χ0) is 20.3. The molecule has 1 amide bonds. The maximum atomic E-state index is 13.2. The van der Waals surface area contributed by atoms with Crippen molar-refractivity contribution in [2.45, 2.75) is 26.3 Å². The Kier molecular flexibility index (Phi) is 6.28. The molecule has 0 aromatic heterocycles. The summed E-state index contributed by atoms with van der Waals surface area (Å²) in [4.78, 5) is 13.2. The van der Waals surface area contributed by atoms with Gasteiger partial charge in [-0.25, -0.2) is 0 Å². The molecular formula is C23H21Cl2NO2. The number of amides is 1. The first-order valence-corrected chi connectivity index (χ1v) is 9.69. The van der Waals surface area contributed by atoms with E-state index in [2.05, 4.69) is 5.32 Å². The van der Waals surface area contributed by atoms with E-state index >= 15 is 0 Å². The standard InChI is InChI=1S/C23H21Cl2NO2/c1-14-8-9-21(27)18(10-14)22(16-6-4-3-5-7-16)23(28)26-13-19-15(2)11-17(24)12-20(19)25/h3-12,22,27H,13H2,1-2H3,(H,26,28)/t22-/m0/s1. The lowest BCUT2D eigenvalue weighted by molar-refractivity contribution is -0.121. The van der Waals surface area contributed by atoms with E-state index in [1.807, 2.05) is 62.4 Å². The van der Waals surface area contributed by atoms with Gasteiger partial charge in [-0.15, -0.1) is 0 Å². The highest BCUT2D eigenvalue weighted by molar-refractivity contribution is 6.35. The van der Waals surface area contributed by atoms with Crippen LogP contribution in [0.15, 0.2) is 60.7 Å². The van der Waals surface area contributed by atoms with Crippen LogP contribution >= 0.6 is 23.2 Å². The average Bonchev–Trinajstić information content (AvgIpc) is 2.65. The number of rotatable bonds is 5. The third-order valence-electron chi connectivity index (χ3n) is 4.71.